The first-order valence-corrected chi connectivity index (χ1v) is 5.93. The van der Waals surface area contributed by atoms with Crippen LogP contribution in [0.1, 0.15) is 30.9 Å². The third-order valence-corrected chi connectivity index (χ3v) is 2.80. The monoisotopic (exact) mass is 236 g/mol. The smallest absolute Gasteiger partial charge is 0.306 e. The molecule has 1 aromatic carbocycles. The van der Waals surface area contributed by atoms with Gasteiger partial charge in [-0.2, -0.15) is 0 Å². The van der Waals surface area contributed by atoms with E-state index in [1.807, 2.05) is 26.0 Å². The molecule has 0 fully saturated rings. The van der Waals surface area contributed by atoms with Gasteiger partial charge in [-0.3, -0.25) is 4.79 Å². The van der Waals surface area contributed by atoms with E-state index < -0.39 is 5.97 Å². The zero-order valence-corrected chi connectivity index (χ0v) is 10.7. The van der Waals surface area contributed by atoms with Gasteiger partial charge in [-0.05, 0) is 43.9 Å². The molecular formula is C14H20O3. The average molecular weight is 236 g/mol. The maximum atomic E-state index is 10.6. The molecule has 0 saturated carbocycles. The molecule has 1 aromatic rings. The van der Waals surface area contributed by atoms with Gasteiger partial charge >= 0.3 is 5.97 Å². The molecule has 17 heavy (non-hydrogen) atoms. The summed E-state index contributed by atoms with van der Waals surface area (Å²) >= 11 is 0. The summed E-state index contributed by atoms with van der Waals surface area (Å²) in [5.41, 5.74) is 2.28. The standard InChI is InChI=1S/C14H20O3/c1-10-6-7-11(2)13(9-10)17-8-4-5-12(3)14(15)16/h6-7,9,12H,4-5,8H2,1-3H3,(H,15,16). The molecular weight excluding hydrogens is 216 g/mol. The van der Waals surface area contributed by atoms with Crippen molar-refractivity contribution in [1.82, 2.24) is 0 Å². The number of carbonyl (C=O) groups is 1. The van der Waals surface area contributed by atoms with Crippen LogP contribution in [0.2, 0.25) is 0 Å². The van der Waals surface area contributed by atoms with Crippen LogP contribution < -0.4 is 4.74 Å². The van der Waals surface area contributed by atoms with Gasteiger partial charge < -0.3 is 9.84 Å². The first-order valence-electron chi connectivity index (χ1n) is 5.93. The molecule has 0 radical (unpaired) electrons. The van der Waals surface area contributed by atoms with Crippen molar-refractivity contribution in [3.63, 3.8) is 0 Å². The number of carboxylic acid groups (broad SMARTS) is 1. The fourth-order valence-corrected chi connectivity index (χ4v) is 1.56. The summed E-state index contributed by atoms with van der Waals surface area (Å²) in [6.07, 6.45) is 1.42. The number of hydrogen-bond donors (Lipinski definition) is 1. The lowest BCUT2D eigenvalue weighted by Gasteiger charge is -2.10. The molecule has 0 aromatic heterocycles. The van der Waals surface area contributed by atoms with E-state index in [-0.39, 0.29) is 5.92 Å². The van der Waals surface area contributed by atoms with Crippen LogP contribution in [0.4, 0.5) is 0 Å². The minimum absolute atomic E-state index is 0.294. The molecule has 0 aliphatic rings. The Morgan fingerprint density at radius 2 is 2.12 bits per heavy atom. The number of aliphatic carboxylic acids is 1. The molecule has 3 nitrogen and oxygen atoms in total. The van der Waals surface area contributed by atoms with Crippen LogP contribution in [-0.2, 0) is 4.79 Å². The molecule has 3 heteroatoms. The predicted molar refractivity (Wildman–Crippen MR) is 67.4 cm³/mol. The van der Waals surface area contributed by atoms with E-state index in [1.165, 1.54) is 5.56 Å². The van der Waals surface area contributed by atoms with Crippen LogP contribution in [0.25, 0.3) is 0 Å². The summed E-state index contributed by atoms with van der Waals surface area (Å²) in [5.74, 6) is -0.137. The van der Waals surface area contributed by atoms with Gasteiger partial charge in [0.1, 0.15) is 5.75 Å². The maximum absolute atomic E-state index is 10.6. The van der Waals surface area contributed by atoms with Gasteiger partial charge in [-0.1, -0.05) is 19.1 Å². The Morgan fingerprint density at radius 1 is 1.41 bits per heavy atom. The molecule has 0 bridgehead atoms. The summed E-state index contributed by atoms with van der Waals surface area (Å²) < 4.78 is 5.65. The molecule has 0 aliphatic carbocycles. The Hall–Kier alpha value is -1.51. The van der Waals surface area contributed by atoms with Crippen LogP contribution in [0.15, 0.2) is 18.2 Å². The van der Waals surface area contributed by atoms with Crippen molar-refractivity contribution in [2.24, 2.45) is 5.92 Å². The Kier molecular flexibility index (Phi) is 5.01. The van der Waals surface area contributed by atoms with Gasteiger partial charge in [0.15, 0.2) is 0 Å². The Balaban J connectivity index is 2.36. The Bertz CT molecular complexity index is 385. The number of hydrogen-bond acceptors (Lipinski definition) is 2. The topological polar surface area (TPSA) is 46.5 Å². The largest absolute Gasteiger partial charge is 0.493 e. The first-order chi connectivity index (χ1) is 8.00. The molecule has 1 rings (SSSR count). The van der Waals surface area contributed by atoms with Crippen LogP contribution in [-0.4, -0.2) is 17.7 Å². The minimum Gasteiger partial charge on any atom is -0.493 e. The molecule has 0 amide bonds. The van der Waals surface area contributed by atoms with E-state index >= 15 is 0 Å². The van der Waals surface area contributed by atoms with Gasteiger partial charge in [0.05, 0.1) is 12.5 Å². The molecule has 94 valence electrons. The SMILES string of the molecule is Cc1ccc(C)c(OCCCC(C)C(=O)O)c1. The second kappa shape index (κ2) is 6.28. The second-order valence-electron chi connectivity index (χ2n) is 4.50. The fourth-order valence-electron chi connectivity index (χ4n) is 1.56. The molecule has 0 heterocycles. The van der Waals surface area contributed by atoms with Gasteiger partial charge in [-0.15, -0.1) is 0 Å². The van der Waals surface area contributed by atoms with Crippen molar-refractivity contribution < 1.29 is 14.6 Å². The highest BCUT2D eigenvalue weighted by molar-refractivity contribution is 5.69. The highest BCUT2D eigenvalue weighted by Crippen LogP contribution is 2.19. The van der Waals surface area contributed by atoms with Crippen molar-refractivity contribution >= 4 is 5.97 Å². The Morgan fingerprint density at radius 3 is 2.76 bits per heavy atom. The lowest BCUT2D eigenvalue weighted by atomic mass is 10.1. The normalized spacial score (nSPS) is 12.2. The van der Waals surface area contributed by atoms with E-state index in [1.54, 1.807) is 6.92 Å². The molecule has 0 spiro atoms. The van der Waals surface area contributed by atoms with Crippen molar-refractivity contribution in [2.45, 2.75) is 33.6 Å². The quantitative estimate of drug-likeness (QED) is 0.772. The Labute approximate surface area is 102 Å². The van der Waals surface area contributed by atoms with E-state index in [4.69, 9.17) is 9.84 Å². The third kappa shape index (κ3) is 4.47. The van der Waals surface area contributed by atoms with Crippen molar-refractivity contribution in [1.29, 1.82) is 0 Å². The number of carboxylic acids is 1. The molecule has 1 atom stereocenters. The summed E-state index contributed by atoms with van der Waals surface area (Å²) in [4.78, 5) is 10.6. The predicted octanol–water partition coefficient (Wildman–Crippen LogP) is 3.18. The van der Waals surface area contributed by atoms with Crippen LogP contribution >= 0.6 is 0 Å². The van der Waals surface area contributed by atoms with Crippen LogP contribution in [0.3, 0.4) is 0 Å². The molecule has 0 saturated heterocycles. The van der Waals surface area contributed by atoms with Crippen molar-refractivity contribution in [3.05, 3.63) is 29.3 Å². The minimum atomic E-state index is -0.739. The number of aryl methyl sites for hydroxylation is 2. The highest BCUT2D eigenvalue weighted by Gasteiger charge is 2.10. The van der Waals surface area contributed by atoms with Gasteiger partial charge in [-0.25, -0.2) is 0 Å². The molecule has 1 N–H and O–H groups in total. The van der Waals surface area contributed by atoms with Gasteiger partial charge in [0.25, 0.3) is 0 Å². The lowest BCUT2D eigenvalue weighted by molar-refractivity contribution is -0.141. The highest BCUT2D eigenvalue weighted by atomic mass is 16.5. The number of benzene rings is 1. The average Bonchev–Trinajstić information content (AvgIpc) is 2.28. The molecule has 0 aliphatic heterocycles. The molecule has 1 unspecified atom stereocenters. The number of rotatable bonds is 6. The second-order valence-corrected chi connectivity index (χ2v) is 4.50. The van der Waals surface area contributed by atoms with Crippen molar-refractivity contribution in [3.8, 4) is 5.75 Å². The number of ether oxygens (including phenoxy) is 1. The van der Waals surface area contributed by atoms with Crippen molar-refractivity contribution in [2.75, 3.05) is 6.61 Å². The summed E-state index contributed by atoms with van der Waals surface area (Å²) in [6.45, 7) is 6.33. The van der Waals surface area contributed by atoms with E-state index in [0.29, 0.717) is 13.0 Å². The summed E-state index contributed by atoms with van der Waals surface area (Å²) in [6, 6.07) is 6.09. The summed E-state index contributed by atoms with van der Waals surface area (Å²) in [5, 5.41) is 8.74. The van der Waals surface area contributed by atoms with E-state index in [0.717, 1.165) is 17.7 Å². The fraction of sp³-hybridized carbons (Fsp3) is 0.500. The third-order valence-electron chi connectivity index (χ3n) is 2.80. The van der Waals surface area contributed by atoms with E-state index in [9.17, 15) is 4.79 Å². The van der Waals surface area contributed by atoms with E-state index in [2.05, 4.69) is 6.07 Å². The van der Waals surface area contributed by atoms with Gasteiger partial charge in [0.2, 0.25) is 0 Å². The van der Waals surface area contributed by atoms with Gasteiger partial charge in [0, 0.05) is 0 Å². The lowest BCUT2D eigenvalue weighted by Crippen LogP contribution is -2.11. The maximum Gasteiger partial charge on any atom is 0.306 e. The summed E-state index contributed by atoms with van der Waals surface area (Å²) in [7, 11) is 0. The first kappa shape index (κ1) is 13.6. The van der Waals surface area contributed by atoms with Crippen LogP contribution in [0.5, 0.6) is 5.75 Å². The van der Waals surface area contributed by atoms with Crippen LogP contribution in [0, 0.1) is 19.8 Å². The zero-order chi connectivity index (χ0) is 12.8. The zero-order valence-electron chi connectivity index (χ0n) is 10.7.